The normalized spacial score (nSPS) is 13.2. The van der Waals surface area contributed by atoms with Crippen molar-refractivity contribution in [2.75, 3.05) is 0 Å². The number of hydrogen-bond acceptors (Lipinski definition) is 5. The molecule has 1 aromatic heterocycles. The number of aromatic amines is 1. The molecule has 9 nitrogen and oxygen atoms in total. The molecule has 0 radical (unpaired) electrons. The molecular weight excluding hydrogens is 312 g/mol. The lowest BCUT2D eigenvalue weighted by Crippen LogP contribution is -2.37. The fourth-order valence-corrected chi connectivity index (χ4v) is 1.62. The predicted molar refractivity (Wildman–Crippen MR) is 69.0 cm³/mol. The number of rotatable bonds is 5. The van der Waals surface area contributed by atoms with E-state index in [9.17, 15) is 8.42 Å². The van der Waals surface area contributed by atoms with E-state index in [0.29, 0.717) is 13.0 Å². The lowest BCUT2D eigenvalue weighted by molar-refractivity contribution is -0.697. The van der Waals surface area contributed by atoms with Crippen LogP contribution in [0.4, 0.5) is 0 Å². The summed E-state index contributed by atoms with van der Waals surface area (Å²) >= 11 is 0. The summed E-state index contributed by atoms with van der Waals surface area (Å²) in [5.74, 6) is 0.817. The van der Waals surface area contributed by atoms with Gasteiger partial charge in [0, 0.05) is 12.5 Å². The Kier molecular flexibility index (Phi) is 7.02. The van der Waals surface area contributed by atoms with Gasteiger partial charge in [-0.25, -0.2) is 18.0 Å². The van der Waals surface area contributed by atoms with Gasteiger partial charge >= 0.3 is 0 Å². The molecule has 1 atom stereocenters. The van der Waals surface area contributed by atoms with Gasteiger partial charge in [0.25, 0.3) is 15.9 Å². The van der Waals surface area contributed by atoms with E-state index < -0.39 is 25.8 Å². The van der Waals surface area contributed by atoms with Crippen molar-refractivity contribution in [3.05, 3.63) is 24.8 Å². The summed E-state index contributed by atoms with van der Waals surface area (Å²) in [7, 11) is -8.84. The molecule has 1 rings (SSSR count). The number of nitrogens with zero attached hydrogens (tertiary/aromatic N) is 1. The average molecular weight is 328 g/mol. The van der Waals surface area contributed by atoms with Crippen molar-refractivity contribution >= 4 is 26.6 Å². The van der Waals surface area contributed by atoms with E-state index in [-0.39, 0.29) is 0 Å². The average Bonchev–Trinajstić information content (AvgIpc) is 2.69. The molecule has 0 saturated carbocycles. The van der Waals surface area contributed by atoms with E-state index in [1.807, 2.05) is 4.57 Å². The molecule has 11 heteroatoms. The maximum atomic E-state index is 10.8. The van der Waals surface area contributed by atoms with Crippen LogP contribution in [-0.2, 0) is 27.1 Å². The first-order chi connectivity index (χ1) is 8.95. The summed E-state index contributed by atoms with van der Waals surface area (Å²) in [6.45, 7) is 5.62. The number of nitrogens with one attached hydrogen (secondary N) is 1. The third kappa shape index (κ3) is 8.77. The quantitative estimate of drug-likeness (QED) is 0.378. The van der Waals surface area contributed by atoms with Crippen molar-refractivity contribution in [3.63, 3.8) is 0 Å². The highest BCUT2D eigenvalue weighted by molar-refractivity contribution is 7.86. The maximum Gasteiger partial charge on any atom is 0.278 e. The molecule has 0 amide bonds. The first-order valence-electron chi connectivity index (χ1n) is 5.29. The third-order valence-electron chi connectivity index (χ3n) is 2.27. The van der Waals surface area contributed by atoms with E-state index in [1.54, 1.807) is 18.5 Å². The Balaban J connectivity index is 0.000000621. The van der Waals surface area contributed by atoms with Crippen LogP contribution in [0.15, 0.2) is 19.0 Å². The monoisotopic (exact) mass is 328 g/mol. The molecule has 20 heavy (non-hydrogen) atoms. The third-order valence-corrected chi connectivity index (χ3v) is 3.53. The molecule has 0 aliphatic rings. The van der Waals surface area contributed by atoms with E-state index in [2.05, 4.69) is 11.6 Å². The lowest BCUT2D eigenvalue weighted by Gasteiger charge is -2.05. The minimum atomic E-state index is -4.92. The van der Waals surface area contributed by atoms with Gasteiger partial charge in [-0.3, -0.25) is 9.11 Å². The highest BCUT2D eigenvalue weighted by Crippen LogP contribution is 2.03. The van der Waals surface area contributed by atoms with Crippen LogP contribution in [0.3, 0.4) is 0 Å². The summed E-state index contributed by atoms with van der Waals surface area (Å²) in [5.41, 5.74) is 0. The van der Waals surface area contributed by atoms with Crippen LogP contribution < -0.4 is 4.57 Å². The SMILES string of the molecule is C=Cc1[nH]cc[n+]1CCC(C)S(=O)(=O)O.O=S(=O)([O-])O. The van der Waals surface area contributed by atoms with E-state index in [4.69, 9.17) is 22.1 Å². The summed E-state index contributed by atoms with van der Waals surface area (Å²) in [4.78, 5) is 2.95. The molecule has 0 spiro atoms. The highest BCUT2D eigenvalue weighted by atomic mass is 32.3. The molecule has 1 aromatic rings. The molecule has 1 unspecified atom stereocenters. The Morgan fingerprint density at radius 3 is 2.35 bits per heavy atom. The summed E-state index contributed by atoms with van der Waals surface area (Å²) in [6, 6.07) is 0. The molecule has 3 N–H and O–H groups in total. The summed E-state index contributed by atoms with van der Waals surface area (Å²) < 4.78 is 65.0. The highest BCUT2D eigenvalue weighted by Gasteiger charge is 2.18. The zero-order valence-electron chi connectivity index (χ0n) is 10.6. The van der Waals surface area contributed by atoms with E-state index >= 15 is 0 Å². The van der Waals surface area contributed by atoms with Crippen LogP contribution in [-0.4, -0.2) is 40.7 Å². The standard InChI is InChI=1S/C9H14N2O3S.H2O4S/c1-3-9-10-5-7-11(9)6-4-8(2)15(12,13)14;1-5(2,3)4/h3,5,7-8H,1,4,6H2,2H3,(H,12,13,14);(H2,1,2,3,4). The van der Waals surface area contributed by atoms with Gasteiger partial charge in [0.15, 0.2) is 0 Å². The molecule has 0 aliphatic carbocycles. The molecule has 0 aliphatic heterocycles. The maximum absolute atomic E-state index is 10.8. The van der Waals surface area contributed by atoms with Crippen molar-refractivity contribution in [3.8, 4) is 0 Å². The van der Waals surface area contributed by atoms with Crippen LogP contribution in [0.2, 0.25) is 0 Å². The zero-order valence-corrected chi connectivity index (χ0v) is 12.3. The minimum Gasteiger partial charge on any atom is -0.726 e. The van der Waals surface area contributed by atoms with Crippen molar-refractivity contribution in [2.24, 2.45) is 0 Å². The van der Waals surface area contributed by atoms with Gasteiger partial charge in [-0.05, 0) is 6.92 Å². The fourth-order valence-electron chi connectivity index (χ4n) is 1.22. The van der Waals surface area contributed by atoms with Crippen LogP contribution in [0.1, 0.15) is 19.2 Å². The predicted octanol–water partition coefficient (Wildman–Crippen LogP) is -0.384. The minimum absolute atomic E-state index is 0.363. The van der Waals surface area contributed by atoms with Gasteiger partial charge in [0.05, 0.1) is 11.8 Å². The van der Waals surface area contributed by atoms with Crippen molar-refractivity contribution in [2.45, 2.75) is 25.1 Å². The summed E-state index contributed by atoms with van der Waals surface area (Å²) in [6.07, 6.45) is 5.56. The van der Waals surface area contributed by atoms with Gasteiger partial charge in [0.1, 0.15) is 12.4 Å². The largest absolute Gasteiger partial charge is 0.726 e. The number of hydrogen-bond donors (Lipinski definition) is 3. The fraction of sp³-hybridized carbons (Fsp3) is 0.444. The smallest absolute Gasteiger partial charge is 0.278 e. The first kappa shape index (κ1) is 18.7. The Bertz CT molecular complexity index is 625. The number of imidazole rings is 1. The van der Waals surface area contributed by atoms with Gasteiger partial charge in [-0.1, -0.05) is 6.58 Å². The number of aromatic nitrogens is 2. The second-order valence-electron chi connectivity index (χ2n) is 3.78. The van der Waals surface area contributed by atoms with Crippen molar-refractivity contribution < 1.29 is 35.1 Å². The second kappa shape index (κ2) is 7.50. The number of H-pyrrole nitrogens is 1. The topological polar surface area (TPSA) is 151 Å². The van der Waals surface area contributed by atoms with E-state index in [1.165, 1.54) is 6.92 Å². The van der Waals surface area contributed by atoms with Gasteiger partial charge in [-0.2, -0.15) is 8.42 Å². The second-order valence-corrected chi connectivity index (χ2v) is 6.47. The molecule has 0 fully saturated rings. The first-order valence-corrected chi connectivity index (χ1v) is 8.16. The molecule has 1 heterocycles. The Morgan fingerprint density at radius 1 is 1.45 bits per heavy atom. The van der Waals surface area contributed by atoms with Crippen molar-refractivity contribution in [1.29, 1.82) is 0 Å². The van der Waals surface area contributed by atoms with Gasteiger partial charge in [0.2, 0.25) is 10.4 Å². The molecule has 0 bridgehead atoms. The number of aryl methyl sites for hydroxylation is 1. The lowest BCUT2D eigenvalue weighted by atomic mass is 10.3. The molecular formula is C9H16N2O7S2. The van der Waals surface area contributed by atoms with Gasteiger partial charge in [-0.15, -0.1) is 0 Å². The summed E-state index contributed by atoms with van der Waals surface area (Å²) in [5, 5.41) is -0.752. The van der Waals surface area contributed by atoms with Crippen LogP contribution >= 0.6 is 0 Å². The van der Waals surface area contributed by atoms with E-state index in [0.717, 1.165) is 5.82 Å². The van der Waals surface area contributed by atoms with Crippen LogP contribution in [0.25, 0.3) is 6.08 Å². The molecule has 0 aromatic carbocycles. The molecule has 0 saturated heterocycles. The Morgan fingerprint density at radius 2 is 1.95 bits per heavy atom. The molecule has 116 valence electrons. The van der Waals surface area contributed by atoms with Crippen molar-refractivity contribution in [1.82, 2.24) is 4.98 Å². The van der Waals surface area contributed by atoms with Crippen LogP contribution in [0.5, 0.6) is 0 Å². The Hall–Kier alpha value is -1.27. The zero-order chi connectivity index (χ0) is 16.0. The van der Waals surface area contributed by atoms with Crippen LogP contribution in [0, 0.1) is 0 Å². The Labute approximate surface area is 117 Å². The van der Waals surface area contributed by atoms with Gasteiger partial charge < -0.3 is 4.55 Å².